The summed E-state index contributed by atoms with van der Waals surface area (Å²) in [5.41, 5.74) is 1.78. The molecular formula is C32H28F5N3O3. The molecule has 1 aliphatic rings. The van der Waals surface area contributed by atoms with Crippen LogP contribution in [0.3, 0.4) is 0 Å². The van der Waals surface area contributed by atoms with Crippen LogP contribution in [0.2, 0.25) is 0 Å². The van der Waals surface area contributed by atoms with Crippen molar-refractivity contribution in [3.05, 3.63) is 106 Å². The Morgan fingerprint density at radius 3 is 2.47 bits per heavy atom. The summed E-state index contributed by atoms with van der Waals surface area (Å²) in [6.07, 6.45) is -1.34. The highest BCUT2D eigenvalue weighted by molar-refractivity contribution is 5.91. The quantitative estimate of drug-likeness (QED) is 0.155. The second kappa shape index (κ2) is 12.4. The fourth-order valence-corrected chi connectivity index (χ4v) is 5.73. The number of methoxy groups -OCH3 is 1. The van der Waals surface area contributed by atoms with E-state index in [0.29, 0.717) is 47.3 Å². The van der Waals surface area contributed by atoms with Crippen LogP contribution in [0.5, 0.6) is 0 Å². The van der Waals surface area contributed by atoms with Crippen LogP contribution < -0.4 is 0 Å². The Hall–Kier alpha value is -4.41. The number of alkyl halides is 3. The number of esters is 1. The van der Waals surface area contributed by atoms with Crippen molar-refractivity contribution in [3.8, 4) is 11.1 Å². The van der Waals surface area contributed by atoms with Gasteiger partial charge in [0.2, 0.25) is 0 Å². The summed E-state index contributed by atoms with van der Waals surface area (Å²) in [5, 5.41) is 3.80. The molecule has 0 unspecified atom stereocenters. The number of ketones is 1. The average molecular weight is 598 g/mol. The highest BCUT2D eigenvalue weighted by Crippen LogP contribution is 2.37. The van der Waals surface area contributed by atoms with Gasteiger partial charge in [0, 0.05) is 41.4 Å². The number of carbonyl (C=O) groups is 2. The molecule has 2 heterocycles. The second-order valence-corrected chi connectivity index (χ2v) is 10.6. The molecule has 0 bridgehead atoms. The second-order valence-electron chi connectivity index (χ2n) is 10.6. The predicted molar refractivity (Wildman–Crippen MR) is 147 cm³/mol. The molecular weight excluding hydrogens is 569 g/mol. The van der Waals surface area contributed by atoms with Gasteiger partial charge in [0.25, 0.3) is 0 Å². The summed E-state index contributed by atoms with van der Waals surface area (Å²) in [4.78, 5) is 30.2. The van der Waals surface area contributed by atoms with Crippen molar-refractivity contribution in [2.75, 3.05) is 7.11 Å². The van der Waals surface area contributed by atoms with Crippen LogP contribution >= 0.6 is 0 Å². The van der Waals surface area contributed by atoms with Crippen molar-refractivity contribution in [3.63, 3.8) is 0 Å². The van der Waals surface area contributed by atoms with Crippen molar-refractivity contribution in [2.45, 2.75) is 57.2 Å². The third-order valence-electron chi connectivity index (χ3n) is 7.55. The van der Waals surface area contributed by atoms with Gasteiger partial charge in [-0.15, -0.1) is 0 Å². The molecule has 0 fully saturated rings. The van der Waals surface area contributed by atoms with Crippen LogP contribution in [0.25, 0.3) is 11.1 Å². The standard InChI is InChI=1S/C32H28F5N3O3/c1-43-31(42)21-7-4-6-20(15-21)26-9-5-11-38-29(26)22(12-19-13-23(33)17-24(34)14-19)16-25(41)18-40-28-10-3-2-8-27(28)30(39-40)32(35,36)37/h4-7,9,11,13-15,17,22H,2-3,8,10,12,16,18H2,1H3/t22-/m1/s1. The van der Waals surface area contributed by atoms with Gasteiger partial charge in [-0.2, -0.15) is 18.3 Å². The molecule has 0 saturated heterocycles. The summed E-state index contributed by atoms with van der Waals surface area (Å²) >= 11 is 0. The van der Waals surface area contributed by atoms with Crippen molar-refractivity contribution >= 4 is 11.8 Å². The number of fused-ring (bicyclic) bond motifs is 1. The molecule has 224 valence electrons. The van der Waals surface area contributed by atoms with Gasteiger partial charge in [-0.3, -0.25) is 14.5 Å². The van der Waals surface area contributed by atoms with Gasteiger partial charge in [-0.05, 0) is 73.6 Å². The Morgan fingerprint density at radius 1 is 1.00 bits per heavy atom. The first kappa shape index (κ1) is 30.1. The van der Waals surface area contributed by atoms with Crippen molar-refractivity contribution in [1.82, 2.24) is 14.8 Å². The fraction of sp³-hybridized carbons (Fsp3) is 0.312. The minimum atomic E-state index is -4.64. The van der Waals surface area contributed by atoms with Gasteiger partial charge in [-0.1, -0.05) is 18.2 Å². The molecule has 0 spiro atoms. The lowest BCUT2D eigenvalue weighted by Gasteiger charge is -2.20. The molecule has 5 rings (SSSR count). The Morgan fingerprint density at radius 2 is 1.74 bits per heavy atom. The molecule has 0 N–H and O–H groups in total. The number of Topliss-reactive ketones (excluding diaryl/α,β-unsaturated/α-hetero) is 1. The third-order valence-corrected chi connectivity index (χ3v) is 7.55. The number of hydrogen-bond donors (Lipinski definition) is 0. The number of rotatable bonds is 9. The maximum Gasteiger partial charge on any atom is 0.435 e. The largest absolute Gasteiger partial charge is 0.465 e. The lowest BCUT2D eigenvalue weighted by molar-refractivity contribution is -0.142. The Kier molecular flexibility index (Phi) is 8.70. The van der Waals surface area contributed by atoms with E-state index in [1.165, 1.54) is 25.4 Å². The zero-order valence-electron chi connectivity index (χ0n) is 23.3. The van der Waals surface area contributed by atoms with E-state index in [2.05, 4.69) is 10.1 Å². The molecule has 0 amide bonds. The number of halogens is 5. The minimum absolute atomic E-state index is 0.0200. The SMILES string of the molecule is COC(=O)c1cccc(-c2cccnc2[C@@H](CC(=O)Cn2nc(C(F)(F)F)c3c2CCCC3)Cc2cc(F)cc(F)c2)c1. The molecule has 6 nitrogen and oxygen atoms in total. The number of aromatic nitrogens is 3. The predicted octanol–water partition coefficient (Wildman–Crippen LogP) is 6.89. The van der Waals surface area contributed by atoms with Gasteiger partial charge in [0.05, 0.1) is 24.9 Å². The van der Waals surface area contributed by atoms with Gasteiger partial charge in [-0.25, -0.2) is 13.6 Å². The third kappa shape index (κ3) is 6.81. The van der Waals surface area contributed by atoms with Gasteiger partial charge >= 0.3 is 12.1 Å². The van der Waals surface area contributed by atoms with E-state index in [9.17, 15) is 31.5 Å². The number of nitrogens with zero attached hydrogens (tertiary/aromatic N) is 3. The summed E-state index contributed by atoms with van der Waals surface area (Å²) in [6.45, 7) is -0.383. The summed E-state index contributed by atoms with van der Waals surface area (Å²) < 4.78 is 75.4. The Bertz CT molecular complexity index is 1640. The van der Waals surface area contributed by atoms with Crippen LogP contribution in [-0.4, -0.2) is 33.6 Å². The van der Waals surface area contributed by atoms with E-state index in [1.54, 1.807) is 36.4 Å². The molecule has 1 atom stereocenters. The number of pyridine rings is 1. The first-order valence-corrected chi connectivity index (χ1v) is 13.8. The topological polar surface area (TPSA) is 74.1 Å². The molecule has 2 aromatic carbocycles. The molecule has 0 aliphatic heterocycles. The molecule has 0 radical (unpaired) electrons. The van der Waals surface area contributed by atoms with Crippen molar-refractivity contribution in [2.24, 2.45) is 0 Å². The van der Waals surface area contributed by atoms with Crippen LogP contribution in [0.4, 0.5) is 22.0 Å². The highest BCUT2D eigenvalue weighted by atomic mass is 19.4. The summed E-state index contributed by atoms with van der Waals surface area (Å²) in [6, 6.07) is 13.1. The monoisotopic (exact) mass is 597 g/mol. The first-order chi connectivity index (χ1) is 20.5. The molecule has 2 aromatic heterocycles. The van der Waals surface area contributed by atoms with E-state index in [1.807, 2.05) is 0 Å². The normalized spacial score (nSPS) is 13.8. The van der Waals surface area contributed by atoms with Crippen molar-refractivity contribution in [1.29, 1.82) is 0 Å². The van der Waals surface area contributed by atoms with Gasteiger partial charge < -0.3 is 4.74 Å². The molecule has 43 heavy (non-hydrogen) atoms. The summed E-state index contributed by atoms with van der Waals surface area (Å²) in [7, 11) is 1.26. The maximum absolute atomic E-state index is 14.1. The van der Waals surface area contributed by atoms with Crippen LogP contribution in [0.15, 0.2) is 60.8 Å². The Labute approximate surface area is 244 Å². The highest BCUT2D eigenvalue weighted by Gasteiger charge is 2.39. The van der Waals surface area contributed by atoms with Crippen molar-refractivity contribution < 1.29 is 36.3 Å². The van der Waals surface area contributed by atoms with E-state index in [-0.39, 0.29) is 36.9 Å². The Balaban J connectivity index is 1.51. The van der Waals surface area contributed by atoms with E-state index >= 15 is 0 Å². The number of carbonyl (C=O) groups excluding carboxylic acids is 2. The maximum atomic E-state index is 14.1. The van der Waals surface area contributed by atoms with E-state index in [4.69, 9.17) is 4.74 Å². The average Bonchev–Trinajstić information content (AvgIpc) is 3.35. The molecule has 0 saturated carbocycles. The van der Waals surface area contributed by atoms with Gasteiger partial charge in [0.15, 0.2) is 11.5 Å². The minimum Gasteiger partial charge on any atom is -0.465 e. The molecule has 1 aliphatic carbocycles. The first-order valence-electron chi connectivity index (χ1n) is 13.8. The summed E-state index contributed by atoms with van der Waals surface area (Å²) in [5.74, 6) is -3.23. The van der Waals surface area contributed by atoms with E-state index in [0.717, 1.165) is 10.7 Å². The fourth-order valence-electron chi connectivity index (χ4n) is 5.73. The number of ether oxygens (including phenoxy) is 1. The van der Waals surface area contributed by atoms with E-state index < -0.39 is 41.2 Å². The van der Waals surface area contributed by atoms with Crippen LogP contribution in [-0.2, 0) is 41.5 Å². The lowest BCUT2D eigenvalue weighted by Crippen LogP contribution is -2.19. The zero-order chi connectivity index (χ0) is 30.7. The smallest absolute Gasteiger partial charge is 0.435 e. The molecule has 4 aromatic rings. The van der Waals surface area contributed by atoms with Crippen LogP contribution in [0, 0.1) is 11.6 Å². The number of hydrogen-bond acceptors (Lipinski definition) is 5. The lowest BCUT2D eigenvalue weighted by atomic mass is 9.86. The number of benzene rings is 2. The van der Waals surface area contributed by atoms with Crippen LogP contribution in [0.1, 0.15) is 63.7 Å². The zero-order valence-corrected chi connectivity index (χ0v) is 23.3. The van der Waals surface area contributed by atoms with Gasteiger partial charge in [0.1, 0.15) is 11.6 Å². The molecule has 11 heteroatoms.